The highest BCUT2D eigenvalue weighted by atomic mass is 79.9. The minimum Gasteiger partial charge on any atom is -0.484 e. The molecule has 0 aliphatic heterocycles. The number of carbonyl (C=O) groups is 1. The van der Waals surface area contributed by atoms with Crippen LogP contribution in [0.15, 0.2) is 28.7 Å². The third kappa shape index (κ3) is 4.81. The van der Waals surface area contributed by atoms with Gasteiger partial charge in [-0.2, -0.15) is 0 Å². The van der Waals surface area contributed by atoms with Gasteiger partial charge in [-0.3, -0.25) is 4.79 Å². The lowest BCUT2D eigenvalue weighted by Crippen LogP contribution is -2.54. The predicted octanol–water partition coefficient (Wildman–Crippen LogP) is 1.08. The van der Waals surface area contributed by atoms with Crippen molar-refractivity contribution in [1.29, 1.82) is 0 Å². The van der Waals surface area contributed by atoms with Crippen LogP contribution in [-0.4, -0.2) is 41.5 Å². The van der Waals surface area contributed by atoms with Crippen molar-refractivity contribution in [1.82, 2.24) is 5.32 Å². The highest BCUT2D eigenvalue weighted by molar-refractivity contribution is 9.10. The first kappa shape index (κ1) is 15.9. The maximum Gasteiger partial charge on any atom is 0.258 e. The summed E-state index contributed by atoms with van der Waals surface area (Å²) in [5.41, 5.74) is -0.988. The first-order chi connectivity index (χ1) is 9.05. The van der Waals surface area contributed by atoms with Crippen LogP contribution in [0.5, 0.6) is 5.75 Å². The molecular weight excluding hydrogens is 314 g/mol. The first-order valence-corrected chi connectivity index (χ1v) is 6.75. The number of hydrogen-bond donors (Lipinski definition) is 3. The Labute approximate surface area is 120 Å². The molecule has 5 nitrogen and oxygen atoms in total. The van der Waals surface area contributed by atoms with E-state index in [9.17, 15) is 15.0 Å². The largest absolute Gasteiger partial charge is 0.484 e. The van der Waals surface area contributed by atoms with E-state index in [2.05, 4.69) is 21.2 Å². The number of nitrogens with one attached hydrogen (secondary N) is 1. The Morgan fingerprint density at radius 1 is 1.42 bits per heavy atom. The smallest absolute Gasteiger partial charge is 0.258 e. The highest BCUT2D eigenvalue weighted by Crippen LogP contribution is 2.17. The summed E-state index contributed by atoms with van der Waals surface area (Å²) in [7, 11) is 0. The van der Waals surface area contributed by atoms with E-state index in [1.807, 2.05) is 6.07 Å². The molecule has 0 fully saturated rings. The van der Waals surface area contributed by atoms with Crippen molar-refractivity contribution in [3.8, 4) is 5.75 Å². The Morgan fingerprint density at radius 2 is 2.11 bits per heavy atom. The molecule has 1 aromatic carbocycles. The standard InChI is InChI=1S/C13H18BrNO4/c1-2-13(8-16,9-17)15-12(18)7-19-11-5-3-4-10(14)6-11/h3-6,16-17H,2,7-9H2,1H3,(H,15,18). The van der Waals surface area contributed by atoms with Crippen LogP contribution in [0.25, 0.3) is 0 Å². The second-order valence-corrected chi connectivity index (χ2v) is 5.16. The zero-order valence-corrected chi connectivity index (χ0v) is 12.3. The summed E-state index contributed by atoms with van der Waals surface area (Å²) >= 11 is 3.30. The van der Waals surface area contributed by atoms with E-state index < -0.39 is 5.54 Å². The topological polar surface area (TPSA) is 78.8 Å². The van der Waals surface area contributed by atoms with E-state index in [1.54, 1.807) is 25.1 Å². The Bertz CT molecular complexity index is 413. The molecular formula is C13H18BrNO4. The highest BCUT2D eigenvalue weighted by Gasteiger charge is 2.28. The molecule has 0 radical (unpaired) electrons. The summed E-state index contributed by atoms with van der Waals surface area (Å²) in [5.74, 6) is 0.185. The molecule has 0 aromatic heterocycles. The number of rotatable bonds is 7. The number of aliphatic hydroxyl groups is 2. The van der Waals surface area contributed by atoms with Crippen molar-refractivity contribution in [2.75, 3.05) is 19.8 Å². The Morgan fingerprint density at radius 3 is 2.63 bits per heavy atom. The van der Waals surface area contributed by atoms with Gasteiger partial charge in [0, 0.05) is 4.47 Å². The zero-order valence-electron chi connectivity index (χ0n) is 10.7. The lowest BCUT2D eigenvalue weighted by Gasteiger charge is -2.29. The van der Waals surface area contributed by atoms with E-state index in [1.165, 1.54) is 0 Å². The van der Waals surface area contributed by atoms with Crippen LogP contribution in [0.1, 0.15) is 13.3 Å². The lowest BCUT2D eigenvalue weighted by molar-refractivity contribution is -0.126. The van der Waals surface area contributed by atoms with Gasteiger partial charge in [0.1, 0.15) is 5.75 Å². The quantitative estimate of drug-likeness (QED) is 0.698. The molecule has 1 aromatic rings. The fourth-order valence-electron chi connectivity index (χ4n) is 1.48. The zero-order chi connectivity index (χ0) is 14.3. The van der Waals surface area contributed by atoms with Gasteiger partial charge in [0.2, 0.25) is 0 Å². The van der Waals surface area contributed by atoms with Crippen LogP contribution >= 0.6 is 15.9 Å². The molecule has 0 aliphatic rings. The minimum absolute atomic E-state index is 0.168. The van der Waals surface area contributed by atoms with E-state index in [4.69, 9.17) is 4.74 Å². The maximum absolute atomic E-state index is 11.7. The van der Waals surface area contributed by atoms with Gasteiger partial charge in [-0.15, -0.1) is 0 Å². The lowest BCUT2D eigenvalue weighted by atomic mass is 9.98. The van der Waals surface area contributed by atoms with Crippen LogP contribution in [-0.2, 0) is 4.79 Å². The summed E-state index contributed by atoms with van der Waals surface area (Å²) in [4.78, 5) is 11.7. The fourth-order valence-corrected chi connectivity index (χ4v) is 1.86. The van der Waals surface area contributed by atoms with Crippen LogP contribution in [0, 0.1) is 0 Å². The van der Waals surface area contributed by atoms with E-state index in [0.717, 1.165) is 4.47 Å². The van der Waals surface area contributed by atoms with Gasteiger partial charge in [-0.1, -0.05) is 28.9 Å². The fraction of sp³-hybridized carbons (Fsp3) is 0.462. The molecule has 19 heavy (non-hydrogen) atoms. The van der Waals surface area contributed by atoms with Crippen molar-refractivity contribution >= 4 is 21.8 Å². The van der Waals surface area contributed by atoms with E-state index >= 15 is 0 Å². The van der Waals surface area contributed by atoms with E-state index in [-0.39, 0.29) is 25.7 Å². The van der Waals surface area contributed by atoms with Gasteiger partial charge in [-0.25, -0.2) is 0 Å². The predicted molar refractivity (Wildman–Crippen MR) is 75.0 cm³/mol. The number of amides is 1. The average molecular weight is 332 g/mol. The molecule has 0 unspecified atom stereocenters. The van der Waals surface area contributed by atoms with Crippen LogP contribution in [0.4, 0.5) is 0 Å². The van der Waals surface area contributed by atoms with Crippen LogP contribution < -0.4 is 10.1 Å². The number of carbonyl (C=O) groups excluding carboxylic acids is 1. The van der Waals surface area contributed by atoms with E-state index in [0.29, 0.717) is 12.2 Å². The molecule has 0 heterocycles. The van der Waals surface area contributed by atoms with Crippen molar-refractivity contribution < 1.29 is 19.7 Å². The second-order valence-electron chi connectivity index (χ2n) is 4.24. The van der Waals surface area contributed by atoms with Crippen molar-refractivity contribution in [3.63, 3.8) is 0 Å². The molecule has 0 spiro atoms. The summed E-state index contributed by atoms with van der Waals surface area (Å²) in [6.07, 6.45) is 0.433. The number of halogens is 1. The van der Waals surface area contributed by atoms with Gasteiger partial charge in [0.05, 0.1) is 18.8 Å². The maximum atomic E-state index is 11.7. The molecule has 0 saturated carbocycles. The molecule has 0 saturated heterocycles. The third-order valence-corrected chi connectivity index (χ3v) is 3.35. The molecule has 1 amide bonds. The van der Waals surface area contributed by atoms with Gasteiger partial charge >= 0.3 is 0 Å². The molecule has 3 N–H and O–H groups in total. The summed E-state index contributed by atoms with van der Waals surface area (Å²) in [6.45, 7) is 0.978. The minimum atomic E-state index is -0.988. The molecule has 0 aliphatic carbocycles. The van der Waals surface area contributed by atoms with Crippen molar-refractivity contribution in [3.05, 3.63) is 28.7 Å². The normalized spacial score (nSPS) is 11.2. The van der Waals surface area contributed by atoms with Crippen LogP contribution in [0.2, 0.25) is 0 Å². The number of aliphatic hydroxyl groups excluding tert-OH is 2. The number of hydrogen-bond acceptors (Lipinski definition) is 4. The Kier molecular flexibility index (Phi) is 6.27. The summed E-state index contributed by atoms with van der Waals surface area (Å²) < 4.78 is 6.18. The van der Waals surface area contributed by atoms with Gasteiger partial charge in [-0.05, 0) is 24.6 Å². The Hall–Kier alpha value is -1.11. The molecule has 1 rings (SSSR count). The Balaban J connectivity index is 2.52. The molecule has 0 atom stereocenters. The molecule has 6 heteroatoms. The van der Waals surface area contributed by atoms with Crippen molar-refractivity contribution in [2.45, 2.75) is 18.9 Å². The number of benzene rings is 1. The SMILES string of the molecule is CCC(CO)(CO)NC(=O)COc1cccc(Br)c1. The molecule has 106 valence electrons. The van der Waals surface area contributed by atoms with Gasteiger partial charge in [0.15, 0.2) is 6.61 Å². The third-order valence-electron chi connectivity index (χ3n) is 2.85. The van der Waals surface area contributed by atoms with Gasteiger partial charge < -0.3 is 20.3 Å². The second kappa shape index (κ2) is 7.47. The monoisotopic (exact) mass is 331 g/mol. The average Bonchev–Trinajstić information content (AvgIpc) is 2.43. The number of ether oxygens (including phenoxy) is 1. The van der Waals surface area contributed by atoms with Crippen molar-refractivity contribution in [2.24, 2.45) is 0 Å². The van der Waals surface area contributed by atoms with Gasteiger partial charge in [0.25, 0.3) is 5.91 Å². The first-order valence-electron chi connectivity index (χ1n) is 5.96. The summed E-state index contributed by atoms with van der Waals surface area (Å²) in [5, 5.41) is 21.0. The van der Waals surface area contributed by atoms with Crippen LogP contribution in [0.3, 0.4) is 0 Å². The summed E-state index contributed by atoms with van der Waals surface area (Å²) in [6, 6.07) is 7.14. The molecule has 0 bridgehead atoms.